The lowest BCUT2D eigenvalue weighted by atomic mass is 10.2. The van der Waals surface area contributed by atoms with Gasteiger partial charge in [0.1, 0.15) is 11.5 Å². The second-order valence-electron chi connectivity index (χ2n) is 7.76. The normalized spacial score (nSPS) is 10.5. The largest absolute Gasteiger partial charge is 0.495 e. The monoisotopic (exact) mass is 584 g/mol. The molecule has 0 aliphatic heterocycles. The highest BCUT2D eigenvalue weighted by atomic mass is 35.5. The van der Waals surface area contributed by atoms with Gasteiger partial charge in [0.25, 0.3) is 11.8 Å². The van der Waals surface area contributed by atoms with Crippen molar-refractivity contribution in [2.45, 2.75) is 9.79 Å². The topological polar surface area (TPSA) is 76.7 Å². The van der Waals surface area contributed by atoms with Crippen LogP contribution in [0.25, 0.3) is 0 Å². The quantitative estimate of drug-likeness (QED) is 0.193. The minimum atomic E-state index is -0.312. The maximum absolute atomic E-state index is 13.2. The summed E-state index contributed by atoms with van der Waals surface area (Å²) in [5.41, 5.74) is 1.88. The zero-order valence-corrected chi connectivity index (χ0v) is 23.4. The molecule has 4 rings (SSSR count). The van der Waals surface area contributed by atoms with Gasteiger partial charge in [-0.15, -0.1) is 0 Å². The van der Waals surface area contributed by atoms with Gasteiger partial charge in [-0.2, -0.15) is 0 Å². The van der Waals surface area contributed by atoms with Crippen molar-refractivity contribution in [1.29, 1.82) is 0 Å². The average molecular weight is 586 g/mol. The maximum atomic E-state index is 13.2. The third-order valence-corrected chi connectivity index (χ3v) is 8.26. The van der Waals surface area contributed by atoms with Gasteiger partial charge in [0.05, 0.1) is 36.7 Å². The molecule has 0 aliphatic rings. The van der Waals surface area contributed by atoms with Crippen molar-refractivity contribution < 1.29 is 19.1 Å². The lowest BCUT2D eigenvalue weighted by Crippen LogP contribution is -2.14. The minimum absolute atomic E-state index is 0.312. The third kappa shape index (κ3) is 6.76. The van der Waals surface area contributed by atoms with E-state index in [4.69, 9.17) is 32.7 Å². The number of anilines is 2. The molecule has 4 aromatic carbocycles. The van der Waals surface area contributed by atoms with E-state index in [0.29, 0.717) is 44.0 Å². The summed E-state index contributed by atoms with van der Waals surface area (Å²) in [5.74, 6) is 0.374. The van der Waals surface area contributed by atoms with Crippen molar-refractivity contribution in [3.63, 3.8) is 0 Å². The molecule has 6 nitrogen and oxygen atoms in total. The Balaban J connectivity index is 1.52. The number of halogens is 2. The zero-order chi connectivity index (χ0) is 27.1. The van der Waals surface area contributed by atoms with E-state index >= 15 is 0 Å². The van der Waals surface area contributed by atoms with E-state index in [9.17, 15) is 9.59 Å². The molecule has 2 amide bonds. The van der Waals surface area contributed by atoms with E-state index in [2.05, 4.69) is 10.6 Å². The molecule has 0 aliphatic carbocycles. The predicted molar refractivity (Wildman–Crippen MR) is 157 cm³/mol. The summed E-state index contributed by atoms with van der Waals surface area (Å²) in [7, 11) is 5.79. The summed E-state index contributed by atoms with van der Waals surface area (Å²) in [4.78, 5) is 27.8. The molecule has 0 bridgehead atoms. The number of rotatable bonds is 9. The highest BCUT2D eigenvalue weighted by Crippen LogP contribution is 2.41. The van der Waals surface area contributed by atoms with Crippen LogP contribution in [0.1, 0.15) is 20.7 Å². The first kappa shape index (κ1) is 27.7. The van der Waals surface area contributed by atoms with Crippen LogP contribution in [0, 0.1) is 0 Å². The van der Waals surface area contributed by atoms with Gasteiger partial charge >= 0.3 is 0 Å². The number of methoxy groups -OCH3 is 2. The van der Waals surface area contributed by atoms with Crippen LogP contribution in [0.2, 0.25) is 10.0 Å². The molecule has 194 valence electrons. The van der Waals surface area contributed by atoms with Crippen molar-refractivity contribution in [3.8, 4) is 11.5 Å². The summed E-state index contributed by atoms with van der Waals surface area (Å²) < 4.78 is 10.7. The van der Waals surface area contributed by atoms with Crippen molar-refractivity contribution >= 4 is 68.0 Å². The molecular formula is C28H22Cl2N2O4S2. The van der Waals surface area contributed by atoms with Crippen LogP contribution in [-0.2, 0) is 0 Å². The first-order chi connectivity index (χ1) is 18.4. The Morgan fingerprint density at radius 3 is 1.42 bits per heavy atom. The smallest absolute Gasteiger partial charge is 0.256 e. The van der Waals surface area contributed by atoms with Gasteiger partial charge in [0.2, 0.25) is 0 Å². The molecule has 38 heavy (non-hydrogen) atoms. The van der Waals surface area contributed by atoms with E-state index in [1.165, 1.54) is 35.8 Å². The van der Waals surface area contributed by atoms with Gasteiger partial charge in [0, 0.05) is 19.8 Å². The Labute approximate surface area is 238 Å². The van der Waals surface area contributed by atoms with E-state index in [1.807, 2.05) is 24.3 Å². The molecule has 0 atom stereocenters. The van der Waals surface area contributed by atoms with Gasteiger partial charge in [-0.25, -0.2) is 0 Å². The van der Waals surface area contributed by atoms with E-state index < -0.39 is 0 Å². The van der Waals surface area contributed by atoms with Crippen LogP contribution < -0.4 is 20.1 Å². The summed E-state index contributed by atoms with van der Waals surface area (Å²) >= 11 is 12.2. The second-order valence-corrected chi connectivity index (χ2v) is 10.8. The van der Waals surface area contributed by atoms with Crippen molar-refractivity contribution in [1.82, 2.24) is 0 Å². The van der Waals surface area contributed by atoms with Gasteiger partial charge in [-0.05, 0) is 60.7 Å². The lowest BCUT2D eigenvalue weighted by Gasteiger charge is -2.14. The average Bonchev–Trinajstić information content (AvgIpc) is 2.92. The summed E-state index contributed by atoms with van der Waals surface area (Å²) in [6, 6.07) is 24.5. The fourth-order valence-corrected chi connectivity index (χ4v) is 6.18. The molecule has 0 radical (unpaired) electrons. The van der Waals surface area contributed by atoms with E-state index in [-0.39, 0.29) is 11.8 Å². The Kier molecular flexibility index (Phi) is 9.47. The van der Waals surface area contributed by atoms with Crippen LogP contribution in [0.4, 0.5) is 11.4 Å². The molecule has 0 saturated heterocycles. The fourth-order valence-electron chi connectivity index (χ4n) is 3.48. The van der Waals surface area contributed by atoms with Crippen LogP contribution in [-0.4, -0.2) is 26.0 Å². The Morgan fingerprint density at radius 1 is 0.632 bits per heavy atom. The molecule has 2 N–H and O–H groups in total. The van der Waals surface area contributed by atoms with E-state index in [0.717, 1.165) is 9.79 Å². The Morgan fingerprint density at radius 2 is 1.03 bits per heavy atom. The predicted octanol–water partition coefficient (Wildman–Crippen LogP) is 8.31. The van der Waals surface area contributed by atoms with Gasteiger partial charge in [-0.3, -0.25) is 9.59 Å². The van der Waals surface area contributed by atoms with E-state index in [1.54, 1.807) is 60.7 Å². The number of ether oxygens (including phenoxy) is 2. The zero-order valence-electron chi connectivity index (χ0n) is 20.3. The third-order valence-electron chi connectivity index (χ3n) is 5.30. The minimum Gasteiger partial charge on any atom is -0.495 e. The molecule has 0 heterocycles. The number of carbonyl (C=O) groups is 2. The van der Waals surface area contributed by atoms with Gasteiger partial charge in [0.15, 0.2) is 0 Å². The first-order valence-electron chi connectivity index (χ1n) is 11.2. The lowest BCUT2D eigenvalue weighted by molar-refractivity contribution is 0.101. The van der Waals surface area contributed by atoms with Crippen LogP contribution in [0.3, 0.4) is 0 Å². The summed E-state index contributed by atoms with van der Waals surface area (Å²) in [6.45, 7) is 0. The maximum Gasteiger partial charge on any atom is 0.256 e. The van der Waals surface area contributed by atoms with Crippen LogP contribution >= 0.6 is 44.8 Å². The number of hydrogen-bond donors (Lipinski definition) is 2. The van der Waals surface area contributed by atoms with Crippen molar-refractivity contribution in [3.05, 3.63) is 106 Å². The number of amides is 2. The van der Waals surface area contributed by atoms with Crippen molar-refractivity contribution in [2.24, 2.45) is 0 Å². The van der Waals surface area contributed by atoms with Crippen molar-refractivity contribution in [2.75, 3.05) is 24.9 Å². The second kappa shape index (κ2) is 13.0. The number of nitrogens with one attached hydrogen (secondary N) is 2. The molecule has 0 fully saturated rings. The van der Waals surface area contributed by atoms with Crippen LogP contribution in [0.5, 0.6) is 11.5 Å². The number of benzene rings is 4. The fraction of sp³-hybridized carbons (Fsp3) is 0.0714. The molecule has 10 heteroatoms. The Bertz CT molecular complexity index is 1370. The molecule has 0 unspecified atom stereocenters. The SMILES string of the molecule is COc1ccc(Cl)cc1NC(=O)c1ccccc1SSc1ccccc1C(=O)Nc1cc(Cl)ccc1OC. The molecular weight excluding hydrogens is 563 g/mol. The van der Waals surface area contributed by atoms with Crippen LogP contribution in [0.15, 0.2) is 94.7 Å². The van der Waals surface area contributed by atoms with Gasteiger partial charge < -0.3 is 20.1 Å². The summed E-state index contributed by atoms with van der Waals surface area (Å²) in [6.07, 6.45) is 0. The Hall–Kier alpha value is -3.30. The molecule has 0 saturated carbocycles. The summed E-state index contributed by atoms with van der Waals surface area (Å²) in [5, 5.41) is 6.70. The number of hydrogen-bond acceptors (Lipinski definition) is 6. The highest BCUT2D eigenvalue weighted by Gasteiger charge is 2.18. The first-order valence-corrected chi connectivity index (χ1v) is 14.1. The standard InChI is InChI=1S/C28H22Cl2N2O4S2/c1-35-23-13-11-17(29)15-21(23)31-27(33)19-7-3-5-9-25(19)37-38-26-10-6-4-8-20(26)28(34)32-22-16-18(30)12-14-24(22)36-2/h3-16H,1-2H3,(H,31,33)(H,32,34). The molecule has 0 aromatic heterocycles. The molecule has 4 aromatic rings. The molecule has 0 spiro atoms. The number of carbonyl (C=O) groups excluding carboxylic acids is 2. The highest BCUT2D eigenvalue weighted by molar-refractivity contribution is 8.76. The van der Waals surface area contributed by atoms with Gasteiger partial charge in [-0.1, -0.05) is 69.1 Å².